The van der Waals surface area contributed by atoms with Crippen LogP contribution < -0.4 is 10.9 Å². The van der Waals surface area contributed by atoms with E-state index >= 15 is 0 Å². The molecule has 4 aromatic carbocycles. The maximum Gasteiger partial charge on any atom is 0.270 e. The fourth-order valence-corrected chi connectivity index (χ4v) is 2.89. The van der Waals surface area contributed by atoms with Crippen molar-refractivity contribution in [3.63, 3.8) is 0 Å². The minimum atomic E-state index is -0.153. The third-order valence-corrected chi connectivity index (χ3v) is 4.10. The van der Waals surface area contributed by atoms with E-state index in [1.165, 1.54) is 5.39 Å². The number of hydrazine groups is 1. The Labute approximate surface area is 139 Å². The number of hydrogen-bond acceptors (Lipinski definition) is 2. The van der Waals surface area contributed by atoms with Crippen LogP contribution in [0.5, 0.6) is 0 Å². The van der Waals surface area contributed by atoms with Gasteiger partial charge in [-0.25, -0.2) is 0 Å². The van der Waals surface area contributed by atoms with Crippen LogP contribution in [0.4, 0.5) is 5.69 Å². The molecule has 0 saturated carbocycles. The molecule has 0 aliphatic carbocycles. The van der Waals surface area contributed by atoms with Crippen LogP contribution in [0.2, 0.25) is 0 Å². The Morgan fingerprint density at radius 1 is 0.667 bits per heavy atom. The first-order valence-corrected chi connectivity index (χ1v) is 7.84. The number of nitrogens with one attached hydrogen (secondary N) is 2. The molecule has 2 N–H and O–H groups in total. The van der Waals surface area contributed by atoms with Gasteiger partial charge in [0.15, 0.2) is 0 Å². The fourth-order valence-electron chi connectivity index (χ4n) is 2.89. The number of anilines is 1. The molecule has 24 heavy (non-hydrogen) atoms. The summed E-state index contributed by atoms with van der Waals surface area (Å²) in [6.07, 6.45) is 0. The summed E-state index contributed by atoms with van der Waals surface area (Å²) in [5.41, 5.74) is 7.29. The standard InChI is InChI=1S/C21H16N2O/c24-21(20-11-5-9-16-7-3-4-10-19(16)20)23-22-18-13-12-15-6-1-2-8-17(15)14-18/h1-14,22H,(H,23,24). The number of benzene rings is 4. The van der Waals surface area contributed by atoms with E-state index in [1.54, 1.807) is 0 Å². The van der Waals surface area contributed by atoms with Gasteiger partial charge in [0, 0.05) is 5.56 Å². The summed E-state index contributed by atoms with van der Waals surface area (Å²) < 4.78 is 0. The summed E-state index contributed by atoms with van der Waals surface area (Å²) in [7, 11) is 0. The van der Waals surface area contributed by atoms with Crippen molar-refractivity contribution in [2.24, 2.45) is 0 Å². The zero-order valence-electron chi connectivity index (χ0n) is 13.0. The molecule has 0 heterocycles. The van der Waals surface area contributed by atoms with Gasteiger partial charge >= 0.3 is 0 Å². The first kappa shape index (κ1) is 14.3. The van der Waals surface area contributed by atoms with Gasteiger partial charge in [-0.1, -0.05) is 66.7 Å². The van der Waals surface area contributed by atoms with Gasteiger partial charge in [-0.3, -0.25) is 15.6 Å². The highest BCUT2D eigenvalue weighted by molar-refractivity contribution is 6.07. The predicted octanol–water partition coefficient (Wildman–Crippen LogP) is 4.75. The Morgan fingerprint density at radius 2 is 1.38 bits per heavy atom. The van der Waals surface area contributed by atoms with E-state index in [-0.39, 0.29) is 5.91 Å². The highest BCUT2D eigenvalue weighted by atomic mass is 16.2. The third kappa shape index (κ3) is 2.68. The summed E-state index contributed by atoms with van der Waals surface area (Å²) >= 11 is 0. The summed E-state index contributed by atoms with van der Waals surface area (Å²) in [4.78, 5) is 12.5. The van der Waals surface area contributed by atoms with Crippen molar-refractivity contribution < 1.29 is 4.79 Å². The molecule has 0 bridgehead atoms. The second kappa shape index (κ2) is 6.05. The number of fused-ring (bicyclic) bond motifs is 2. The summed E-state index contributed by atoms with van der Waals surface area (Å²) in [5, 5.41) is 4.29. The molecule has 3 nitrogen and oxygen atoms in total. The highest BCUT2D eigenvalue weighted by Crippen LogP contribution is 2.20. The van der Waals surface area contributed by atoms with Crippen LogP contribution in [0.25, 0.3) is 21.5 Å². The van der Waals surface area contributed by atoms with Gasteiger partial charge in [-0.15, -0.1) is 0 Å². The van der Waals surface area contributed by atoms with Gasteiger partial charge in [0.25, 0.3) is 5.91 Å². The van der Waals surface area contributed by atoms with E-state index in [0.29, 0.717) is 5.56 Å². The summed E-state index contributed by atoms with van der Waals surface area (Å²) in [5.74, 6) is -0.153. The van der Waals surface area contributed by atoms with Gasteiger partial charge in [-0.2, -0.15) is 0 Å². The molecule has 0 aromatic heterocycles. The maximum absolute atomic E-state index is 12.5. The lowest BCUT2D eigenvalue weighted by Crippen LogP contribution is -2.29. The summed E-state index contributed by atoms with van der Waals surface area (Å²) in [6, 6.07) is 27.7. The number of carbonyl (C=O) groups is 1. The average molecular weight is 312 g/mol. The van der Waals surface area contributed by atoms with Gasteiger partial charge in [0.2, 0.25) is 0 Å². The van der Waals surface area contributed by atoms with Crippen LogP contribution in [0.15, 0.2) is 84.9 Å². The lowest BCUT2D eigenvalue weighted by Gasteiger charge is -2.11. The molecule has 0 unspecified atom stereocenters. The molecule has 0 spiro atoms. The van der Waals surface area contributed by atoms with Gasteiger partial charge in [-0.05, 0) is 39.7 Å². The Bertz CT molecular complexity index is 1030. The molecular formula is C21H16N2O. The minimum absolute atomic E-state index is 0.153. The Balaban J connectivity index is 1.57. The molecule has 1 amide bonds. The van der Waals surface area contributed by atoms with Crippen LogP contribution in [0, 0.1) is 0 Å². The molecule has 0 fully saturated rings. The van der Waals surface area contributed by atoms with E-state index in [2.05, 4.69) is 16.9 Å². The van der Waals surface area contributed by atoms with Crippen LogP contribution in [0.3, 0.4) is 0 Å². The van der Waals surface area contributed by atoms with Crippen LogP contribution in [-0.2, 0) is 0 Å². The molecule has 0 atom stereocenters. The number of amides is 1. The first-order valence-electron chi connectivity index (χ1n) is 7.84. The third-order valence-electron chi connectivity index (χ3n) is 4.10. The van der Waals surface area contributed by atoms with Gasteiger partial charge in [0.05, 0.1) is 5.69 Å². The zero-order chi connectivity index (χ0) is 16.4. The molecule has 3 heteroatoms. The molecular weight excluding hydrogens is 296 g/mol. The van der Waals surface area contributed by atoms with E-state index in [1.807, 2.05) is 78.9 Å². The number of hydrogen-bond donors (Lipinski definition) is 2. The van der Waals surface area contributed by atoms with Crippen molar-refractivity contribution in [1.29, 1.82) is 0 Å². The molecule has 4 aromatic rings. The summed E-state index contributed by atoms with van der Waals surface area (Å²) in [6.45, 7) is 0. The topological polar surface area (TPSA) is 41.1 Å². The molecule has 0 aliphatic heterocycles. The van der Waals surface area contributed by atoms with E-state index in [0.717, 1.165) is 21.8 Å². The Hall–Kier alpha value is -3.33. The van der Waals surface area contributed by atoms with Crippen LogP contribution >= 0.6 is 0 Å². The number of rotatable bonds is 3. The molecule has 4 rings (SSSR count). The fraction of sp³-hybridized carbons (Fsp3) is 0. The predicted molar refractivity (Wildman–Crippen MR) is 99.0 cm³/mol. The van der Waals surface area contributed by atoms with Crippen molar-refractivity contribution in [2.75, 3.05) is 5.43 Å². The quantitative estimate of drug-likeness (QED) is 0.536. The smallest absolute Gasteiger partial charge is 0.270 e. The second-order valence-corrected chi connectivity index (χ2v) is 5.67. The van der Waals surface area contributed by atoms with Crippen molar-refractivity contribution in [2.45, 2.75) is 0 Å². The second-order valence-electron chi connectivity index (χ2n) is 5.67. The minimum Gasteiger partial charge on any atom is -0.298 e. The highest BCUT2D eigenvalue weighted by Gasteiger charge is 2.09. The van der Waals surface area contributed by atoms with E-state index < -0.39 is 0 Å². The van der Waals surface area contributed by atoms with E-state index in [9.17, 15) is 4.79 Å². The SMILES string of the molecule is O=C(NNc1ccc2ccccc2c1)c1cccc2ccccc12. The average Bonchev–Trinajstić information content (AvgIpc) is 2.65. The van der Waals surface area contributed by atoms with Crippen molar-refractivity contribution in [3.8, 4) is 0 Å². The monoisotopic (exact) mass is 312 g/mol. The maximum atomic E-state index is 12.5. The van der Waals surface area contributed by atoms with Crippen molar-refractivity contribution >= 4 is 33.1 Å². The molecule has 116 valence electrons. The molecule has 0 radical (unpaired) electrons. The lowest BCUT2D eigenvalue weighted by molar-refractivity contribution is 0.0964. The van der Waals surface area contributed by atoms with E-state index in [4.69, 9.17) is 0 Å². The van der Waals surface area contributed by atoms with Gasteiger partial charge < -0.3 is 0 Å². The zero-order valence-corrected chi connectivity index (χ0v) is 13.0. The molecule has 0 saturated heterocycles. The van der Waals surface area contributed by atoms with Crippen LogP contribution in [0.1, 0.15) is 10.4 Å². The molecule has 0 aliphatic rings. The Kier molecular flexibility index (Phi) is 3.60. The van der Waals surface area contributed by atoms with Crippen molar-refractivity contribution in [1.82, 2.24) is 5.43 Å². The van der Waals surface area contributed by atoms with Crippen molar-refractivity contribution in [3.05, 3.63) is 90.5 Å². The largest absolute Gasteiger partial charge is 0.298 e. The first-order chi connectivity index (χ1) is 11.8. The van der Waals surface area contributed by atoms with Gasteiger partial charge in [0.1, 0.15) is 0 Å². The Morgan fingerprint density at radius 3 is 2.25 bits per heavy atom. The lowest BCUT2D eigenvalue weighted by atomic mass is 10.0. The number of carbonyl (C=O) groups excluding carboxylic acids is 1. The normalized spacial score (nSPS) is 10.7. The van der Waals surface area contributed by atoms with Crippen LogP contribution in [-0.4, -0.2) is 5.91 Å².